The molecule has 0 aliphatic heterocycles. The molecule has 3 nitrogen and oxygen atoms in total. The molecule has 0 unspecified atom stereocenters. The molecule has 0 amide bonds. The predicted molar refractivity (Wildman–Crippen MR) is 62.8 cm³/mol. The molecule has 3 N–H and O–H groups in total. The van der Waals surface area contributed by atoms with Crippen molar-refractivity contribution in [2.45, 2.75) is 18.9 Å². The van der Waals surface area contributed by atoms with Gasteiger partial charge in [-0.15, -0.1) is 0 Å². The van der Waals surface area contributed by atoms with Crippen LogP contribution in [-0.2, 0) is 0 Å². The van der Waals surface area contributed by atoms with Crippen molar-refractivity contribution in [1.29, 1.82) is 0 Å². The Morgan fingerprint density at radius 3 is 2.93 bits per heavy atom. The van der Waals surface area contributed by atoms with E-state index < -0.39 is 0 Å². The van der Waals surface area contributed by atoms with Gasteiger partial charge in [0.25, 0.3) is 0 Å². The van der Waals surface area contributed by atoms with Gasteiger partial charge < -0.3 is 11.1 Å². The second-order valence-corrected chi connectivity index (χ2v) is 4.02. The summed E-state index contributed by atoms with van der Waals surface area (Å²) in [7, 11) is 0. The average Bonchev–Trinajstić information content (AvgIpc) is 3.02. The molecular weight excluding hydrogens is 186 g/mol. The Kier molecular flexibility index (Phi) is 1.78. The summed E-state index contributed by atoms with van der Waals surface area (Å²) in [6.45, 7) is 0. The van der Waals surface area contributed by atoms with Crippen LogP contribution in [0.25, 0.3) is 10.8 Å². The molecule has 1 heterocycles. The molecule has 2 aromatic rings. The second-order valence-electron chi connectivity index (χ2n) is 4.02. The number of nitrogens with zero attached hydrogens (tertiary/aromatic N) is 1. The number of nitrogens with two attached hydrogens (primary N) is 1. The number of benzene rings is 1. The number of hydrogen-bond donors (Lipinski definition) is 2. The normalized spacial score (nSPS) is 15.5. The lowest BCUT2D eigenvalue weighted by molar-refractivity contribution is 1.12. The minimum atomic E-state index is 0.600. The van der Waals surface area contributed by atoms with E-state index >= 15 is 0 Å². The van der Waals surface area contributed by atoms with E-state index in [2.05, 4.69) is 16.4 Å². The summed E-state index contributed by atoms with van der Waals surface area (Å²) < 4.78 is 0. The summed E-state index contributed by atoms with van der Waals surface area (Å²) in [5.41, 5.74) is 6.77. The third-order valence-corrected chi connectivity index (χ3v) is 2.74. The molecule has 0 saturated heterocycles. The molecule has 3 rings (SSSR count). The van der Waals surface area contributed by atoms with Gasteiger partial charge in [0, 0.05) is 23.3 Å². The van der Waals surface area contributed by atoms with E-state index in [0.29, 0.717) is 6.04 Å². The molecule has 1 fully saturated rings. The van der Waals surface area contributed by atoms with Gasteiger partial charge in [-0.05, 0) is 30.4 Å². The van der Waals surface area contributed by atoms with E-state index in [1.807, 2.05) is 24.4 Å². The molecule has 1 aromatic carbocycles. The first kappa shape index (κ1) is 8.53. The molecule has 0 atom stereocenters. The molecular formula is C12H13N3. The maximum atomic E-state index is 5.97. The summed E-state index contributed by atoms with van der Waals surface area (Å²) in [4.78, 5) is 4.36. The maximum absolute atomic E-state index is 5.97. The fraction of sp³-hybridized carbons (Fsp3) is 0.250. The Balaban J connectivity index is 2.18. The van der Waals surface area contributed by atoms with Gasteiger partial charge in [0.2, 0.25) is 0 Å². The van der Waals surface area contributed by atoms with E-state index in [0.717, 1.165) is 22.3 Å². The topological polar surface area (TPSA) is 50.9 Å². The molecule has 1 aromatic heterocycles. The molecule has 1 aliphatic rings. The lowest BCUT2D eigenvalue weighted by Crippen LogP contribution is -2.04. The summed E-state index contributed by atoms with van der Waals surface area (Å²) in [6.07, 6.45) is 4.31. The van der Waals surface area contributed by atoms with Crippen molar-refractivity contribution in [3.63, 3.8) is 0 Å². The number of nitrogen functional groups attached to an aromatic ring is 1. The van der Waals surface area contributed by atoms with Crippen molar-refractivity contribution in [2.24, 2.45) is 0 Å². The highest BCUT2D eigenvalue weighted by molar-refractivity contribution is 6.00. The third kappa shape index (κ3) is 1.50. The van der Waals surface area contributed by atoms with E-state index in [9.17, 15) is 0 Å². The van der Waals surface area contributed by atoms with Crippen molar-refractivity contribution in [3.8, 4) is 0 Å². The lowest BCUT2D eigenvalue weighted by atomic mass is 10.1. The quantitative estimate of drug-likeness (QED) is 0.730. The van der Waals surface area contributed by atoms with Crippen LogP contribution in [0.5, 0.6) is 0 Å². The number of hydrogen-bond acceptors (Lipinski definition) is 3. The zero-order valence-corrected chi connectivity index (χ0v) is 8.40. The molecule has 1 saturated carbocycles. The molecule has 0 bridgehead atoms. The first-order valence-electron chi connectivity index (χ1n) is 5.24. The van der Waals surface area contributed by atoms with Gasteiger partial charge in [0.15, 0.2) is 0 Å². The molecule has 1 aliphatic carbocycles. The Morgan fingerprint density at radius 2 is 2.13 bits per heavy atom. The van der Waals surface area contributed by atoms with E-state index in [1.54, 1.807) is 0 Å². The van der Waals surface area contributed by atoms with Crippen LogP contribution < -0.4 is 11.1 Å². The summed E-state index contributed by atoms with van der Waals surface area (Å²) in [5.74, 6) is 0.924. The zero-order chi connectivity index (χ0) is 10.3. The van der Waals surface area contributed by atoms with Crippen LogP contribution in [0.1, 0.15) is 12.8 Å². The fourth-order valence-electron chi connectivity index (χ4n) is 1.79. The summed E-state index contributed by atoms with van der Waals surface area (Å²) in [6, 6.07) is 8.54. The highest BCUT2D eigenvalue weighted by Crippen LogP contribution is 2.31. The number of aromatic nitrogens is 1. The van der Waals surface area contributed by atoms with Gasteiger partial charge in [-0.1, -0.05) is 12.1 Å². The van der Waals surface area contributed by atoms with Gasteiger partial charge in [-0.25, -0.2) is 4.98 Å². The van der Waals surface area contributed by atoms with Gasteiger partial charge in [0.05, 0.1) is 0 Å². The van der Waals surface area contributed by atoms with Gasteiger partial charge in [-0.2, -0.15) is 0 Å². The predicted octanol–water partition coefficient (Wildman–Crippen LogP) is 2.39. The van der Waals surface area contributed by atoms with Crippen molar-refractivity contribution in [1.82, 2.24) is 4.98 Å². The highest BCUT2D eigenvalue weighted by atomic mass is 15.0. The number of fused-ring (bicyclic) bond motifs is 1. The molecule has 3 heteroatoms. The van der Waals surface area contributed by atoms with Crippen molar-refractivity contribution >= 4 is 22.3 Å². The van der Waals surface area contributed by atoms with E-state index in [1.165, 1.54) is 12.8 Å². The lowest BCUT2D eigenvalue weighted by Gasteiger charge is -2.09. The van der Waals surface area contributed by atoms with Crippen LogP contribution in [0, 0.1) is 0 Å². The van der Waals surface area contributed by atoms with Crippen molar-refractivity contribution in [3.05, 3.63) is 30.5 Å². The average molecular weight is 199 g/mol. The third-order valence-electron chi connectivity index (χ3n) is 2.74. The van der Waals surface area contributed by atoms with Crippen LogP contribution in [0.15, 0.2) is 30.5 Å². The number of anilines is 2. The van der Waals surface area contributed by atoms with Crippen LogP contribution in [0.3, 0.4) is 0 Å². The number of pyridine rings is 1. The Bertz CT molecular complexity index is 498. The minimum absolute atomic E-state index is 0.600. The Morgan fingerprint density at radius 1 is 1.27 bits per heavy atom. The van der Waals surface area contributed by atoms with Crippen LogP contribution in [0.2, 0.25) is 0 Å². The maximum Gasteiger partial charge on any atom is 0.136 e. The number of rotatable bonds is 2. The van der Waals surface area contributed by atoms with Gasteiger partial charge in [-0.3, -0.25) is 0 Å². The van der Waals surface area contributed by atoms with E-state index in [-0.39, 0.29) is 0 Å². The molecule has 0 spiro atoms. The second kappa shape index (κ2) is 3.12. The minimum Gasteiger partial charge on any atom is -0.398 e. The fourth-order valence-corrected chi connectivity index (χ4v) is 1.79. The van der Waals surface area contributed by atoms with Crippen LogP contribution >= 0.6 is 0 Å². The van der Waals surface area contributed by atoms with Crippen molar-refractivity contribution in [2.75, 3.05) is 11.1 Å². The highest BCUT2D eigenvalue weighted by Gasteiger charge is 2.22. The summed E-state index contributed by atoms with van der Waals surface area (Å²) >= 11 is 0. The molecule has 76 valence electrons. The first-order valence-corrected chi connectivity index (χ1v) is 5.24. The zero-order valence-electron chi connectivity index (χ0n) is 8.40. The van der Waals surface area contributed by atoms with Crippen molar-refractivity contribution < 1.29 is 0 Å². The van der Waals surface area contributed by atoms with Gasteiger partial charge >= 0.3 is 0 Å². The summed E-state index contributed by atoms with van der Waals surface area (Å²) in [5, 5.41) is 5.60. The Labute approximate surface area is 88.3 Å². The molecule has 0 radical (unpaired) electrons. The Hall–Kier alpha value is -1.77. The van der Waals surface area contributed by atoms with Crippen LogP contribution in [0.4, 0.5) is 11.5 Å². The van der Waals surface area contributed by atoms with Gasteiger partial charge in [0.1, 0.15) is 5.82 Å². The van der Waals surface area contributed by atoms with E-state index in [4.69, 9.17) is 5.73 Å². The molecule has 15 heavy (non-hydrogen) atoms. The standard InChI is InChI=1S/C12H13N3/c13-10-3-1-2-8-6-7-14-12(11(8)10)15-9-4-5-9/h1-3,6-7,9H,4-5,13H2,(H,14,15). The monoisotopic (exact) mass is 199 g/mol. The first-order chi connectivity index (χ1) is 7.34. The number of nitrogens with one attached hydrogen (secondary N) is 1. The SMILES string of the molecule is Nc1cccc2ccnc(NC3CC3)c12. The smallest absolute Gasteiger partial charge is 0.136 e. The largest absolute Gasteiger partial charge is 0.398 e. The van der Waals surface area contributed by atoms with Crippen LogP contribution in [-0.4, -0.2) is 11.0 Å².